The van der Waals surface area contributed by atoms with E-state index >= 15 is 0 Å². The summed E-state index contributed by atoms with van der Waals surface area (Å²) in [7, 11) is 4.92. The summed E-state index contributed by atoms with van der Waals surface area (Å²) in [6.07, 6.45) is 0. The van der Waals surface area contributed by atoms with Gasteiger partial charge in [0.2, 0.25) is 5.28 Å². The van der Waals surface area contributed by atoms with Crippen LogP contribution >= 0.6 is 11.6 Å². The Balaban J connectivity index is 1.89. The number of halogens is 1. The Bertz CT molecular complexity index is 1300. The second-order valence-corrected chi connectivity index (χ2v) is 6.97. The maximum Gasteiger partial charge on any atom is 0.295 e. The van der Waals surface area contributed by atoms with Crippen molar-refractivity contribution in [2.45, 2.75) is 6.92 Å². The number of anilines is 2. The second-order valence-electron chi connectivity index (χ2n) is 6.63. The van der Waals surface area contributed by atoms with E-state index < -0.39 is 0 Å². The first-order valence-corrected chi connectivity index (χ1v) is 9.52. The predicted molar refractivity (Wildman–Crippen MR) is 117 cm³/mol. The molecule has 1 N–H and O–H groups in total. The Kier molecular flexibility index (Phi) is 5.09. The fourth-order valence-electron chi connectivity index (χ4n) is 3.35. The number of benzene rings is 2. The van der Waals surface area contributed by atoms with Crippen molar-refractivity contribution < 1.29 is 9.47 Å². The van der Waals surface area contributed by atoms with Crippen LogP contribution in [0.25, 0.3) is 16.6 Å². The quantitative estimate of drug-likeness (QED) is 0.489. The molecule has 2 aromatic heterocycles. The number of nitrogens with one attached hydrogen (secondary N) is 1. The predicted octanol–water partition coefficient (Wildman–Crippen LogP) is 3.84. The highest BCUT2D eigenvalue weighted by atomic mass is 35.5. The van der Waals surface area contributed by atoms with Gasteiger partial charge in [-0.25, -0.2) is 9.67 Å². The molecule has 0 atom stereocenters. The van der Waals surface area contributed by atoms with Crippen molar-refractivity contribution in [2.75, 3.05) is 19.5 Å². The summed E-state index contributed by atoms with van der Waals surface area (Å²) in [5, 5.41) is 3.85. The van der Waals surface area contributed by atoms with Crippen LogP contribution in [0.15, 0.2) is 47.3 Å². The second kappa shape index (κ2) is 7.72. The van der Waals surface area contributed by atoms with Crippen molar-refractivity contribution in [2.24, 2.45) is 7.05 Å². The summed E-state index contributed by atoms with van der Waals surface area (Å²) in [5.41, 5.74) is 2.26. The highest BCUT2D eigenvalue weighted by molar-refractivity contribution is 6.28. The minimum Gasteiger partial charge on any atom is -0.493 e. The maximum atomic E-state index is 13.2. The van der Waals surface area contributed by atoms with Crippen LogP contribution in [0.4, 0.5) is 11.5 Å². The minimum atomic E-state index is -0.204. The van der Waals surface area contributed by atoms with E-state index in [2.05, 4.69) is 15.3 Å². The van der Waals surface area contributed by atoms with Crippen molar-refractivity contribution >= 4 is 34.0 Å². The lowest BCUT2D eigenvalue weighted by Crippen LogP contribution is -2.20. The van der Waals surface area contributed by atoms with Gasteiger partial charge in [-0.1, -0.05) is 18.2 Å². The van der Waals surface area contributed by atoms with Crippen LogP contribution in [0.5, 0.6) is 11.5 Å². The van der Waals surface area contributed by atoms with Gasteiger partial charge in [0.05, 0.1) is 31.1 Å². The van der Waals surface area contributed by atoms with Crippen LogP contribution in [0.2, 0.25) is 5.28 Å². The molecule has 0 aliphatic rings. The Morgan fingerprint density at radius 3 is 2.37 bits per heavy atom. The van der Waals surface area contributed by atoms with Gasteiger partial charge in [0, 0.05) is 18.5 Å². The molecule has 2 aromatic carbocycles. The van der Waals surface area contributed by atoms with Gasteiger partial charge in [0.15, 0.2) is 11.5 Å². The highest BCUT2D eigenvalue weighted by Gasteiger charge is 2.19. The largest absolute Gasteiger partial charge is 0.493 e. The summed E-state index contributed by atoms with van der Waals surface area (Å²) in [5.74, 6) is 1.44. The molecule has 0 bridgehead atoms. The molecule has 0 aliphatic carbocycles. The number of methoxy groups -OCH3 is 2. The molecule has 8 nitrogen and oxygen atoms in total. The molecule has 30 heavy (non-hydrogen) atoms. The third kappa shape index (κ3) is 3.25. The molecular weight excluding hydrogens is 406 g/mol. The third-order valence-electron chi connectivity index (χ3n) is 4.97. The van der Waals surface area contributed by atoms with Crippen molar-refractivity contribution in [3.05, 3.63) is 63.8 Å². The van der Waals surface area contributed by atoms with Crippen LogP contribution in [0.3, 0.4) is 0 Å². The van der Waals surface area contributed by atoms with Gasteiger partial charge in [-0.05, 0) is 36.7 Å². The molecule has 0 amide bonds. The Morgan fingerprint density at radius 2 is 1.70 bits per heavy atom. The number of ether oxygens (including phenoxy) is 2. The SMILES string of the molecule is COc1cc2nc(Cl)nc(Nc3c(C)n(C)n(-c4ccccc4)c3=O)c2cc1OC. The van der Waals surface area contributed by atoms with Gasteiger partial charge in [0.1, 0.15) is 11.5 Å². The normalized spacial score (nSPS) is 11.0. The first kappa shape index (κ1) is 19.8. The van der Waals surface area contributed by atoms with Gasteiger partial charge in [-0.15, -0.1) is 0 Å². The van der Waals surface area contributed by atoms with Crippen LogP contribution in [-0.4, -0.2) is 33.6 Å². The first-order chi connectivity index (χ1) is 14.4. The summed E-state index contributed by atoms with van der Waals surface area (Å²) >= 11 is 6.15. The molecule has 0 saturated heterocycles. The Morgan fingerprint density at radius 1 is 1.03 bits per heavy atom. The van der Waals surface area contributed by atoms with Crippen LogP contribution in [0, 0.1) is 6.92 Å². The van der Waals surface area contributed by atoms with E-state index in [1.807, 2.05) is 44.3 Å². The maximum absolute atomic E-state index is 13.2. The summed E-state index contributed by atoms with van der Waals surface area (Å²) in [6, 6.07) is 12.9. The van der Waals surface area contributed by atoms with Crippen LogP contribution in [-0.2, 0) is 7.05 Å². The van der Waals surface area contributed by atoms with E-state index in [1.54, 1.807) is 35.7 Å². The monoisotopic (exact) mass is 425 g/mol. The molecule has 154 valence electrons. The zero-order chi connectivity index (χ0) is 21.4. The van der Waals surface area contributed by atoms with E-state index in [1.165, 1.54) is 0 Å². The number of aromatic nitrogens is 4. The van der Waals surface area contributed by atoms with Gasteiger partial charge in [-0.2, -0.15) is 4.98 Å². The van der Waals surface area contributed by atoms with Gasteiger partial charge in [-0.3, -0.25) is 9.48 Å². The van der Waals surface area contributed by atoms with Crippen molar-refractivity contribution in [3.63, 3.8) is 0 Å². The smallest absolute Gasteiger partial charge is 0.295 e. The third-order valence-corrected chi connectivity index (χ3v) is 5.14. The molecule has 0 aliphatic heterocycles. The number of para-hydroxylation sites is 1. The van der Waals surface area contributed by atoms with Crippen LogP contribution < -0.4 is 20.3 Å². The molecule has 2 heterocycles. The Labute approximate surface area is 177 Å². The molecule has 4 aromatic rings. The lowest BCUT2D eigenvalue weighted by Gasteiger charge is -2.12. The molecule has 0 unspecified atom stereocenters. The number of fused-ring (bicyclic) bond motifs is 1. The van der Waals surface area contributed by atoms with Gasteiger partial charge >= 0.3 is 0 Å². The lowest BCUT2D eigenvalue weighted by molar-refractivity contribution is 0.356. The van der Waals surface area contributed by atoms with Crippen molar-refractivity contribution in [1.29, 1.82) is 0 Å². The number of hydrogen-bond donors (Lipinski definition) is 1. The fourth-order valence-corrected chi connectivity index (χ4v) is 3.53. The van der Waals surface area contributed by atoms with E-state index in [-0.39, 0.29) is 10.8 Å². The molecule has 0 saturated carbocycles. The van der Waals surface area contributed by atoms with Crippen molar-refractivity contribution in [1.82, 2.24) is 19.3 Å². The topological polar surface area (TPSA) is 83.2 Å². The van der Waals surface area contributed by atoms with Crippen LogP contribution in [0.1, 0.15) is 5.69 Å². The molecule has 0 radical (unpaired) electrons. The van der Waals surface area contributed by atoms with Crippen molar-refractivity contribution in [3.8, 4) is 17.2 Å². The number of hydrogen-bond acceptors (Lipinski definition) is 6. The molecule has 0 spiro atoms. The van der Waals surface area contributed by atoms with E-state index in [4.69, 9.17) is 21.1 Å². The molecule has 0 fully saturated rings. The summed E-state index contributed by atoms with van der Waals surface area (Å²) in [6.45, 7) is 1.86. The van der Waals surface area contributed by atoms with E-state index in [9.17, 15) is 4.79 Å². The number of nitrogens with zero attached hydrogens (tertiary/aromatic N) is 4. The standard InChI is InChI=1S/C21H20ClN5O3/c1-12-18(20(28)27(26(12)2)13-8-6-5-7-9-13)24-19-14-10-16(29-3)17(30-4)11-15(14)23-21(22)25-19/h5-11H,1-4H3,(H,23,24,25). The highest BCUT2D eigenvalue weighted by Crippen LogP contribution is 2.35. The molecule has 4 rings (SSSR count). The average Bonchev–Trinajstić information content (AvgIpc) is 2.96. The van der Waals surface area contributed by atoms with Gasteiger partial charge in [0.25, 0.3) is 5.56 Å². The average molecular weight is 426 g/mol. The Hall–Kier alpha value is -3.52. The fraction of sp³-hybridized carbons (Fsp3) is 0.190. The molecule has 9 heteroatoms. The zero-order valence-electron chi connectivity index (χ0n) is 16.9. The summed E-state index contributed by atoms with van der Waals surface area (Å²) < 4.78 is 14.1. The summed E-state index contributed by atoms with van der Waals surface area (Å²) in [4.78, 5) is 21.8. The molecular formula is C21H20ClN5O3. The van der Waals surface area contributed by atoms with Gasteiger partial charge < -0.3 is 14.8 Å². The lowest BCUT2D eigenvalue weighted by atomic mass is 10.2. The minimum absolute atomic E-state index is 0.0502. The van der Waals surface area contributed by atoms with E-state index in [0.717, 1.165) is 11.4 Å². The zero-order valence-corrected chi connectivity index (χ0v) is 17.7. The van der Waals surface area contributed by atoms with E-state index in [0.29, 0.717) is 33.9 Å². The first-order valence-electron chi connectivity index (χ1n) is 9.15. The number of rotatable bonds is 5.